The van der Waals surface area contributed by atoms with Crippen LogP contribution in [0, 0.1) is 0 Å². The van der Waals surface area contributed by atoms with Gasteiger partial charge in [-0.1, -0.05) is 6.08 Å². The Bertz CT molecular complexity index is 85.7. The standard InChI is InChI=1S/C4H5NS.Na.H/c1-2-3-5-4-6;;/h2H,1,3H2;;. The van der Waals surface area contributed by atoms with Crippen LogP contribution in [0.1, 0.15) is 0 Å². The van der Waals surface area contributed by atoms with Crippen molar-refractivity contribution < 1.29 is 0 Å². The fourth-order valence-corrected chi connectivity index (χ4v) is 0.176. The number of aliphatic imine (C=N–C) groups is 1. The summed E-state index contributed by atoms with van der Waals surface area (Å²) in [6.45, 7) is 4.00. The summed E-state index contributed by atoms with van der Waals surface area (Å²) in [6, 6.07) is 0. The third-order valence-corrected chi connectivity index (χ3v) is 0.414. The summed E-state index contributed by atoms with van der Waals surface area (Å²) < 4.78 is 0. The van der Waals surface area contributed by atoms with Crippen molar-refractivity contribution in [3.8, 4) is 0 Å². The molecule has 0 aliphatic heterocycles. The molecule has 0 amide bonds. The number of rotatable bonds is 2. The van der Waals surface area contributed by atoms with Gasteiger partial charge in [-0.05, 0) is 12.2 Å². The molecule has 1 nitrogen and oxygen atoms in total. The Hall–Kier alpha value is 0.540. The molecule has 0 rings (SSSR count). The Morgan fingerprint density at radius 3 is 2.57 bits per heavy atom. The fourth-order valence-electron chi connectivity index (χ4n) is 0.102. The zero-order chi connectivity index (χ0) is 4.83. The minimum atomic E-state index is 0. The van der Waals surface area contributed by atoms with E-state index in [9.17, 15) is 0 Å². The minimum absolute atomic E-state index is 0. The summed E-state index contributed by atoms with van der Waals surface area (Å²) in [6.07, 6.45) is 1.67. The van der Waals surface area contributed by atoms with Crippen LogP contribution in [0.25, 0.3) is 0 Å². The Balaban J connectivity index is 0. The van der Waals surface area contributed by atoms with Gasteiger partial charge in [-0.15, -0.1) is 6.58 Å². The van der Waals surface area contributed by atoms with Crippen LogP contribution in [0.3, 0.4) is 0 Å². The maximum absolute atomic E-state index is 4.25. The second-order valence-corrected chi connectivity index (χ2v) is 0.903. The van der Waals surface area contributed by atoms with Gasteiger partial charge in [0, 0.05) is 0 Å². The van der Waals surface area contributed by atoms with Crippen LogP contribution < -0.4 is 0 Å². The van der Waals surface area contributed by atoms with Gasteiger partial charge in [-0.3, -0.25) is 0 Å². The molecule has 0 aromatic heterocycles. The summed E-state index contributed by atoms with van der Waals surface area (Å²) >= 11 is 4.25. The first-order valence-electron chi connectivity index (χ1n) is 1.56. The molecule has 0 radical (unpaired) electrons. The van der Waals surface area contributed by atoms with Crippen LogP contribution in [0.4, 0.5) is 0 Å². The van der Waals surface area contributed by atoms with E-state index in [2.05, 4.69) is 29.0 Å². The van der Waals surface area contributed by atoms with E-state index in [1.54, 1.807) is 6.08 Å². The van der Waals surface area contributed by atoms with Crippen molar-refractivity contribution >= 4 is 46.9 Å². The van der Waals surface area contributed by atoms with E-state index in [-0.39, 0.29) is 29.6 Å². The number of hydrogen-bond donors (Lipinski definition) is 0. The predicted octanol–water partition coefficient (Wildman–Crippen LogP) is 0.627. The first kappa shape index (κ1) is 10.5. The molecule has 3 heteroatoms. The van der Waals surface area contributed by atoms with Crippen molar-refractivity contribution in [2.45, 2.75) is 0 Å². The molecule has 0 aromatic rings. The molecule has 0 atom stereocenters. The van der Waals surface area contributed by atoms with Crippen molar-refractivity contribution in [2.24, 2.45) is 4.99 Å². The SMILES string of the molecule is C=CCN=C=S.[NaH]. The van der Waals surface area contributed by atoms with Gasteiger partial charge < -0.3 is 0 Å². The summed E-state index contributed by atoms with van der Waals surface area (Å²) in [5.41, 5.74) is 0. The zero-order valence-electron chi connectivity index (χ0n) is 3.35. The number of hydrogen-bond acceptors (Lipinski definition) is 2. The third kappa shape index (κ3) is 10.8. The molecule has 7 heavy (non-hydrogen) atoms. The molecule has 0 N–H and O–H groups in total. The van der Waals surface area contributed by atoms with E-state index >= 15 is 0 Å². The van der Waals surface area contributed by atoms with Gasteiger partial charge in [-0.2, -0.15) is 0 Å². The van der Waals surface area contributed by atoms with Crippen LogP contribution in [-0.4, -0.2) is 41.3 Å². The molecule has 0 unspecified atom stereocenters. The molecule has 0 aliphatic carbocycles. The molecule has 0 fully saturated rings. The van der Waals surface area contributed by atoms with Gasteiger partial charge in [-0.25, -0.2) is 4.99 Å². The van der Waals surface area contributed by atoms with E-state index in [0.717, 1.165) is 0 Å². The van der Waals surface area contributed by atoms with Crippen LogP contribution in [0.5, 0.6) is 0 Å². The van der Waals surface area contributed by atoms with Gasteiger partial charge in [0.25, 0.3) is 0 Å². The van der Waals surface area contributed by atoms with Crippen molar-refractivity contribution in [3.05, 3.63) is 12.7 Å². The van der Waals surface area contributed by atoms with Gasteiger partial charge in [0.2, 0.25) is 0 Å². The third-order valence-electron chi connectivity index (χ3n) is 0.285. The van der Waals surface area contributed by atoms with Crippen molar-refractivity contribution in [3.63, 3.8) is 0 Å². The first-order valence-corrected chi connectivity index (χ1v) is 1.97. The van der Waals surface area contributed by atoms with Crippen LogP contribution in [-0.2, 0) is 0 Å². The molecule has 0 saturated heterocycles. The Kier molecular flexibility index (Phi) is 14.6. The van der Waals surface area contributed by atoms with E-state index in [1.165, 1.54) is 0 Å². The summed E-state index contributed by atoms with van der Waals surface area (Å²) in [7, 11) is 0. The summed E-state index contributed by atoms with van der Waals surface area (Å²) in [4.78, 5) is 3.54. The quantitative estimate of drug-likeness (QED) is 0.227. The second-order valence-electron chi connectivity index (χ2n) is 0.721. The molecule has 0 spiro atoms. The average Bonchev–Trinajstić information content (AvgIpc) is 1.61. The van der Waals surface area contributed by atoms with Crippen molar-refractivity contribution in [2.75, 3.05) is 6.54 Å². The van der Waals surface area contributed by atoms with E-state index in [4.69, 9.17) is 0 Å². The second kappa shape index (κ2) is 9.74. The average molecular weight is 123 g/mol. The molecular weight excluding hydrogens is 117 g/mol. The van der Waals surface area contributed by atoms with Crippen LogP contribution in [0.15, 0.2) is 17.6 Å². The van der Waals surface area contributed by atoms with Crippen LogP contribution >= 0.6 is 12.2 Å². The molecule has 0 saturated carbocycles. The summed E-state index contributed by atoms with van der Waals surface area (Å²) in [5, 5.41) is 2.21. The monoisotopic (exact) mass is 123 g/mol. The Labute approximate surface area is 70.8 Å². The van der Waals surface area contributed by atoms with Gasteiger partial charge in [0.05, 0.1) is 11.7 Å². The molecular formula is C4H6NNaS. The molecule has 0 aliphatic rings. The summed E-state index contributed by atoms with van der Waals surface area (Å²) in [5.74, 6) is 0. The van der Waals surface area contributed by atoms with Crippen molar-refractivity contribution in [1.29, 1.82) is 0 Å². The number of nitrogens with zero attached hydrogens (tertiary/aromatic N) is 1. The molecule has 0 heterocycles. The number of isothiocyanates is 1. The van der Waals surface area contributed by atoms with Gasteiger partial charge in [0.1, 0.15) is 0 Å². The Morgan fingerprint density at radius 2 is 2.43 bits per heavy atom. The van der Waals surface area contributed by atoms with Gasteiger partial charge in [0.15, 0.2) is 0 Å². The fraction of sp³-hybridized carbons (Fsp3) is 0.250. The van der Waals surface area contributed by atoms with Gasteiger partial charge >= 0.3 is 29.6 Å². The van der Waals surface area contributed by atoms with E-state index < -0.39 is 0 Å². The first-order chi connectivity index (χ1) is 2.91. The molecule has 0 bridgehead atoms. The molecule has 0 aromatic carbocycles. The predicted molar refractivity (Wildman–Crippen MR) is 37.2 cm³/mol. The van der Waals surface area contributed by atoms with E-state index in [0.29, 0.717) is 6.54 Å². The maximum atomic E-state index is 4.25. The van der Waals surface area contributed by atoms with Crippen LogP contribution in [0.2, 0.25) is 0 Å². The topological polar surface area (TPSA) is 12.4 Å². The Morgan fingerprint density at radius 1 is 1.86 bits per heavy atom. The van der Waals surface area contributed by atoms with E-state index in [1.807, 2.05) is 0 Å². The normalized spacial score (nSPS) is 5.14. The number of thiocarbonyl (C=S) groups is 1. The zero-order valence-corrected chi connectivity index (χ0v) is 4.16. The molecule has 34 valence electrons. The van der Waals surface area contributed by atoms with Crippen molar-refractivity contribution in [1.82, 2.24) is 0 Å².